The summed E-state index contributed by atoms with van der Waals surface area (Å²) in [6, 6.07) is 11.4. The Morgan fingerprint density at radius 1 is 1.24 bits per heavy atom. The average Bonchev–Trinajstić information content (AvgIpc) is 2.95. The van der Waals surface area contributed by atoms with Crippen molar-refractivity contribution in [1.29, 1.82) is 0 Å². The SMILES string of the molecule is C=CCOc1ccc(Br)cc1/C=C1/SC(=O)N(Cc2ccccc2[N+](=O)[O-])C1=O. The van der Waals surface area contributed by atoms with Gasteiger partial charge in [0.15, 0.2) is 0 Å². The van der Waals surface area contributed by atoms with Crippen molar-refractivity contribution in [2.24, 2.45) is 0 Å². The van der Waals surface area contributed by atoms with Crippen LogP contribution in [0.2, 0.25) is 0 Å². The highest BCUT2D eigenvalue weighted by Crippen LogP contribution is 2.36. The van der Waals surface area contributed by atoms with Crippen LogP contribution in [0.4, 0.5) is 10.5 Å². The van der Waals surface area contributed by atoms with E-state index in [1.54, 1.807) is 36.4 Å². The first-order valence-corrected chi connectivity index (χ1v) is 10.0. The van der Waals surface area contributed by atoms with E-state index in [0.717, 1.165) is 21.1 Å². The Morgan fingerprint density at radius 2 is 2.00 bits per heavy atom. The van der Waals surface area contributed by atoms with Crippen molar-refractivity contribution in [2.75, 3.05) is 6.61 Å². The Hall–Kier alpha value is -2.91. The third kappa shape index (κ3) is 4.75. The topological polar surface area (TPSA) is 89.8 Å². The number of carbonyl (C=O) groups is 2. The van der Waals surface area contributed by atoms with Crippen molar-refractivity contribution in [2.45, 2.75) is 6.54 Å². The van der Waals surface area contributed by atoms with E-state index in [1.807, 2.05) is 0 Å². The molecule has 1 saturated heterocycles. The number of nitro benzene ring substituents is 1. The molecule has 1 aliphatic rings. The first-order chi connectivity index (χ1) is 13.9. The van der Waals surface area contributed by atoms with Crippen LogP contribution < -0.4 is 4.74 Å². The summed E-state index contributed by atoms with van der Waals surface area (Å²) >= 11 is 4.17. The smallest absolute Gasteiger partial charge is 0.293 e. The lowest BCUT2D eigenvalue weighted by atomic mass is 10.1. The van der Waals surface area contributed by atoms with Gasteiger partial charge in [-0.15, -0.1) is 0 Å². The highest BCUT2D eigenvalue weighted by molar-refractivity contribution is 9.10. The van der Waals surface area contributed by atoms with Crippen LogP contribution in [-0.2, 0) is 11.3 Å². The molecule has 0 aromatic heterocycles. The summed E-state index contributed by atoms with van der Waals surface area (Å²) in [6.45, 7) is 3.73. The molecule has 0 atom stereocenters. The largest absolute Gasteiger partial charge is 0.489 e. The highest BCUT2D eigenvalue weighted by atomic mass is 79.9. The predicted octanol–water partition coefficient (Wildman–Crippen LogP) is 5.16. The number of rotatable bonds is 7. The van der Waals surface area contributed by atoms with Gasteiger partial charge in [0.2, 0.25) is 0 Å². The molecule has 9 heteroatoms. The van der Waals surface area contributed by atoms with E-state index in [-0.39, 0.29) is 17.1 Å². The van der Waals surface area contributed by atoms with E-state index in [0.29, 0.717) is 23.5 Å². The summed E-state index contributed by atoms with van der Waals surface area (Å²) in [5, 5.41) is 10.7. The quantitative estimate of drug-likeness (QED) is 0.238. The van der Waals surface area contributed by atoms with Gasteiger partial charge in [-0.05, 0) is 36.0 Å². The Bertz CT molecular complexity index is 1040. The maximum absolute atomic E-state index is 12.8. The molecule has 1 fully saturated rings. The first-order valence-electron chi connectivity index (χ1n) is 8.41. The van der Waals surface area contributed by atoms with Crippen molar-refractivity contribution in [3.05, 3.63) is 85.7 Å². The molecule has 0 radical (unpaired) electrons. The Kier molecular flexibility index (Phi) is 6.50. The minimum absolute atomic E-state index is 0.136. The van der Waals surface area contributed by atoms with E-state index in [4.69, 9.17) is 4.74 Å². The summed E-state index contributed by atoms with van der Waals surface area (Å²) in [4.78, 5) is 37.1. The van der Waals surface area contributed by atoms with Crippen LogP contribution in [0.25, 0.3) is 6.08 Å². The molecule has 1 heterocycles. The van der Waals surface area contributed by atoms with E-state index in [9.17, 15) is 19.7 Å². The minimum atomic E-state index is -0.533. The van der Waals surface area contributed by atoms with Crippen LogP contribution in [0, 0.1) is 10.1 Å². The lowest BCUT2D eigenvalue weighted by Crippen LogP contribution is -2.27. The van der Waals surface area contributed by atoms with Gasteiger partial charge in [0.1, 0.15) is 12.4 Å². The zero-order chi connectivity index (χ0) is 21.0. The Morgan fingerprint density at radius 3 is 2.72 bits per heavy atom. The van der Waals surface area contributed by atoms with E-state index >= 15 is 0 Å². The zero-order valence-electron chi connectivity index (χ0n) is 15.0. The molecule has 148 valence electrons. The van der Waals surface area contributed by atoms with Gasteiger partial charge in [-0.3, -0.25) is 24.6 Å². The first kappa shape index (κ1) is 20.8. The second kappa shape index (κ2) is 9.06. The van der Waals surface area contributed by atoms with Crippen LogP contribution in [0.5, 0.6) is 5.75 Å². The number of amides is 2. The maximum atomic E-state index is 12.8. The second-order valence-electron chi connectivity index (χ2n) is 5.94. The van der Waals surface area contributed by atoms with Crippen LogP contribution in [0.1, 0.15) is 11.1 Å². The number of para-hydroxylation sites is 1. The van der Waals surface area contributed by atoms with Crippen LogP contribution in [-0.4, -0.2) is 27.6 Å². The van der Waals surface area contributed by atoms with Crippen LogP contribution >= 0.6 is 27.7 Å². The molecule has 7 nitrogen and oxygen atoms in total. The fourth-order valence-corrected chi connectivity index (χ4v) is 3.89. The minimum Gasteiger partial charge on any atom is -0.489 e. The molecule has 0 aliphatic carbocycles. The molecule has 0 saturated carbocycles. The number of nitro groups is 1. The summed E-state index contributed by atoms with van der Waals surface area (Å²) in [7, 11) is 0. The monoisotopic (exact) mass is 474 g/mol. The molecular formula is C20H15BrN2O5S. The molecule has 0 N–H and O–H groups in total. The van der Waals surface area contributed by atoms with Gasteiger partial charge in [0, 0.05) is 21.7 Å². The molecule has 29 heavy (non-hydrogen) atoms. The third-order valence-corrected chi connectivity index (χ3v) is 5.41. The van der Waals surface area contributed by atoms with Crippen molar-refractivity contribution in [3.63, 3.8) is 0 Å². The fourth-order valence-electron chi connectivity index (χ4n) is 2.68. The molecule has 3 rings (SSSR count). The number of halogens is 1. The van der Waals surface area contributed by atoms with Gasteiger partial charge in [0.25, 0.3) is 16.8 Å². The Balaban J connectivity index is 1.89. The maximum Gasteiger partial charge on any atom is 0.293 e. The summed E-state index contributed by atoms with van der Waals surface area (Å²) in [6.07, 6.45) is 3.18. The molecule has 0 bridgehead atoms. The fraction of sp³-hybridized carbons (Fsp3) is 0.100. The lowest BCUT2D eigenvalue weighted by molar-refractivity contribution is -0.385. The van der Waals surface area contributed by atoms with Gasteiger partial charge in [-0.25, -0.2) is 0 Å². The second-order valence-corrected chi connectivity index (χ2v) is 7.84. The van der Waals surface area contributed by atoms with E-state index in [1.165, 1.54) is 18.2 Å². The number of nitrogens with zero attached hydrogens (tertiary/aromatic N) is 2. The summed E-state index contributed by atoms with van der Waals surface area (Å²) < 4.78 is 6.39. The zero-order valence-corrected chi connectivity index (χ0v) is 17.4. The molecule has 2 aromatic carbocycles. The molecule has 1 aliphatic heterocycles. The van der Waals surface area contributed by atoms with Gasteiger partial charge < -0.3 is 4.74 Å². The van der Waals surface area contributed by atoms with E-state index < -0.39 is 16.1 Å². The van der Waals surface area contributed by atoms with Gasteiger partial charge in [-0.2, -0.15) is 0 Å². The molecule has 2 aromatic rings. The normalized spacial score (nSPS) is 15.1. The lowest BCUT2D eigenvalue weighted by Gasteiger charge is -2.12. The van der Waals surface area contributed by atoms with Crippen LogP contribution in [0.15, 0.2) is 64.5 Å². The number of imide groups is 1. The summed E-state index contributed by atoms with van der Waals surface area (Å²) in [5.74, 6) is 0.0337. The van der Waals surface area contributed by atoms with Gasteiger partial charge in [0.05, 0.1) is 16.4 Å². The van der Waals surface area contributed by atoms with Gasteiger partial charge >= 0.3 is 0 Å². The Labute approximate surface area is 179 Å². The number of thioether (sulfide) groups is 1. The standard InChI is InChI=1S/C20H15BrN2O5S/c1-2-9-28-17-8-7-15(21)10-14(17)11-18-19(24)22(20(25)29-18)12-13-5-3-4-6-16(13)23(26)27/h2-8,10-11H,1,9,12H2/b18-11+. The summed E-state index contributed by atoms with van der Waals surface area (Å²) in [5.41, 5.74) is 0.776. The van der Waals surface area contributed by atoms with Crippen molar-refractivity contribution < 1.29 is 19.2 Å². The van der Waals surface area contributed by atoms with Crippen molar-refractivity contribution in [3.8, 4) is 5.75 Å². The van der Waals surface area contributed by atoms with E-state index in [2.05, 4.69) is 22.5 Å². The molecule has 0 unspecified atom stereocenters. The molecular weight excluding hydrogens is 460 g/mol. The average molecular weight is 475 g/mol. The number of hydrogen-bond acceptors (Lipinski definition) is 6. The number of hydrogen-bond donors (Lipinski definition) is 0. The van der Waals surface area contributed by atoms with Crippen LogP contribution in [0.3, 0.4) is 0 Å². The molecule has 0 spiro atoms. The van der Waals surface area contributed by atoms with Gasteiger partial charge in [-0.1, -0.05) is 46.8 Å². The predicted molar refractivity (Wildman–Crippen MR) is 114 cm³/mol. The molecule has 2 amide bonds. The van der Waals surface area contributed by atoms with Crippen molar-refractivity contribution >= 4 is 50.6 Å². The number of ether oxygens (including phenoxy) is 1. The highest BCUT2D eigenvalue weighted by Gasteiger charge is 2.36. The number of carbonyl (C=O) groups excluding carboxylic acids is 2. The van der Waals surface area contributed by atoms with Crippen molar-refractivity contribution in [1.82, 2.24) is 4.90 Å². The number of benzene rings is 2. The third-order valence-electron chi connectivity index (χ3n) is 4.01.